The number of hydrogen-bond acceptors (Lipinski definition) is 3. The predicted molar refractivity (Wildman–Crippen MR) is 73.6 cm³/mol. The number of rotatable bonds is 2. The topological polar surface area (TPSA) is 47.3 Å². The summed E-state index contributed by atoms with van der Waals surface area (Å²) in [7, 11) is 0. The van der Waals surface area contributed by atoms with Crippen LogP contribution in [-0.4, -0.2) is 47.4 Å². The van der Waals surface area contributed by atoms with Gasteiger partial charge in [0.05, 0.1) is 6.07 Å². The van der Waals surface area contributed by atoms with Gasteiger partial charge in [-0.2, -0.15) is 5.26 Å². The molecular formula is C15H19N3O. The van der Waals surface area contributed by atoms with Crippen molar-refractivity contribution in [3.8, 4) is 6.07 Å². The molecule has 1 saturated heterocycles. The Morgan fingerprint density at radius 1 is 1.16 bits per heavy atom. The standard InChI is InChI=1S/C15H19N3O/c1-15(2,12-16)18-10-8-17(9-11-18)14(19)13-6-4-3-5-7-13/h3-7H,8-11H2,1-2H3. The van der Waals surface area contributed by atoms with Crippen LogP contribution in [0.2, 0.25) is 0 Å². The fourth-order valence-electron chi connectivity index (χ4n) is 2.30. The molecule has 1 aliphatic heterocycles. The monoisotopic (exact) mass is 257 g/mol. The minimum atomic E-state index is -0.456. The summed E-state index contributed by atoms with van der Waals surface area (Å²) in [6.45, 7) is 6.69. The van der Waals surface area contributed by atoms with Gasteiger partial charge in [-0.15, -0.1) is 0 Å². The maximum Gasteiger partial charge on any atom is 0.253 e. The summed E-state index contributed by atoms with van der Waals surface area (Å²) in [5.74, 6) is 0.0787. The van der Waals surface area contributed by atoms with E-state index in [9.17, 15) is 4.79 Å². The zero-order valence-electron chi connectivity index (χ0n) is 11.5. The number of piperazine rings is 1. The number of nitriles is 1. The van der Waals surface area contributed by atoms with Gasteiger partial charge in [0.25, 0.3) is 5.91 Å². The second-order valence-corrected chi connectivity index (χ2v) is 5.32. The molecule has 0 bridgehead atoms. The second kappa shape index (κ2) is 5.41. The largest absolute Gasteiger partial charge is 0.336 e. The van der Waals surface area contributed by atoms with E-state index in [-0.39, 0.29) is 5.91 Å². The van der Waals surface area contributed by atoms with E-state index in [2.05, 4.69) is 11.0 Å². The molecule has 1 aromatic rings. The van der Waals surface area contributed by atoms with Gasteiger partial charge in [-0.3, -0.25) is 9.69 Å². The van der Waals surface area contributed by atoms with Crippen LogP contribution in [0.25, 0.3) is 0 Å². The molecular weight excluding hydrogens is 238 g/mol. The van der Waals surface area contributed by atoms with Crippen LogP contribution in [0, 0.1) is 11.3 Å². The number of amides is 1. The molecule has 19 heavy (non-hydrogen) atoms. The van der Waals surface area contributed by atoms with Crippen LogP contribution in [-0.2, 0) is 0 Å². The zero-order chi connectivity index (χ0) is 13.9. The van der Waals surface area contributed by atoms with Gasteiger partial charge >= 0.3 is 0 Å². The first-order valence-electron chi connectivity index (χ1n) is 6.55. The lowest BCUT2D eigenvalue weighted by molar-refractivity contribution is 0.0521. The molecule has 4 nitrogen and oxygen atoms in total. The van der Waals surface area contributed by atoms with E-state index in [1.807, 2.05) is 49.1 Å². The molecule has 1 aliphatic rings. The first-order valence-corrected chi connectivity index (χ1v) is 6.55. The fourth-order valence-corrected chi connectivity index (χ4v) is 2.30. The third kappa shape index (κ3) is 2.94. The van der Waals surface area contributed by atoms with Crippen molar-refractivity contribution in [3.63, 3.8) is 0 Å². The molecule has 0 spiro atoms. The van der Waals surface area contributed by atoms with Gasteiger partial charge in [-0.25, -0.2) is 0 Å². The van der Waals surface area contributed by atoms with Crippen LogP contribution in [0.5, 0.6) is 0 Å². The maximum absolute atomic E-state index is 12.3. The molecule has 1 fully saturated rings. The number of carbonyl (C=O) groups is 1. The molecule has 1 heterocycles. The van der Waals surface area contributed by atoms with E-state index >= 15 is 0 Å². The van der Waals surface area contributed by atoms with E-state index in [1.165, 1.54) is 0 Å². The van der Waals surface area contributed by atoms with Crippen molar-refractivity contribution in [1.82, 2.24) is 9.80 Å². The van der Waals surface area contributed by atoms with Gasteiger partial charge in [0.1, 0.15) is 5.54 Å². The van der Waals surface area contributed by atoms with E-state index in [0.717, 1.165) is 18.7 Å². The number of nitrogens with zero attached hydrogens (tertiary/aromatic N) is 3. The minimum Gasteiger partial charge on any atom is -0.336 e. The molecule has 0 N–H and O–H groups in total. The highest BCUT2D eigenvalue weighted by atomic mass is 16.2. The van der Waals surface area contributed by atoms with E-state index in [4.69, 9.17) is 5.26 Å². The van der Waals surface area contributed by atoms with E-state index in [1.54, 1.807) is 0 Å². The molecule has 1 aromatic carbocycles. The fraction of sp³-hybridized carbons (Fsp3) is 0.467. The predicted octanol–water partition coefficient (Wildman–Crippen LogP) is 1.75. The van der Waals surface area contributed by atoms with Gasteiger partial charge in [-0.1, -0.05) is 18.2 Å². The summed E-state index contributed by atoms with van der Waals surface area (Å²) >= 11 is 0. The highest BCUT2D eigenvalue weighted by molar-refractivity contribution is 5.94. The Morgan fingerprint density at radius 3 is 2.26 bits per heavy atom. The van der Waals surface area contributed by atoms with E-state index in [0.29, 0.717) is 13.1 Å². The van der Waals surface area contributed by atoms with Crippen molar-refractivity contribution in [2.75, 3.05) is 26.2 Å². The van der Waals surface area contributed by atoms with Gasteiger partial charge in [0.15, 0.2) is 0 Å². The van der Waals surface area contributed by atoms with E-state index < -0.39 is 5.54 Å². The summed E-state index contributed by atoms with van der Waals surface area (Å²) in [5.41, 5.74) is 0.275. The van der Waals surface area contributed by atoms with Crippen LogP contribution < -0.4 is 0 Å². The smallest absolute Gasteiger partial charge is 0.253 e. The summed E-state index contributed by atoms with van der Waals surface area (Å²) in [5, 5.41) is 9.13. The van der Waals surface area contributed by atoms with Gasteiger partial charge in [0.2, 0.25) is 0 Å². The van der Waals surface area contributed by atoms with Crippen molar-refractivity contribution in [1.29, 1.82) is 5.26 Å². The minimum absolute atomic E-state index is 0.0787. The van der Waals surface area contributed by atoms with Crippen molar-refractivity contribution in [3.05, 3.63) is 35.9 Å². The Labute approximate surface area is 114 Å². The third-order valence-electron chi connectivity index (χ3n) is 3.65. The maximum atomic E-state index is 12.3. The SMILES string of the molecule is CC(C)(C#N)N1CCN(C(=O)c2ccccc2)CC1. The second-order valence-electron chi connectivity index (χ2n) is 5.32. The Bertz CT molecular complexity index is 482. The summed E-state index contributed by atoms with van der Waals surface area (Å²) in [6.07, 6.45) is 0. The van der Waals surface area contributed by atoms with Crippen LogP contribution in [0.1, 0.15) is 24.2 Å². The average molecular weight is 257 g/mol. The lowest BCUT2D eigenvalue weighted by Crippen LogP contribution is -2.55. The lowest BCUT2D eigenvalue weighted by Gasteiger charge is -2.40. The van der Waals surface area contributed by atoms with Crippen molar-refractivity contribution >= 4 is 5.91 Å². The third-order valence-corrected chi connectivity index (χ3v) is 3.65. The average Bonchev–Trinajstić information content (AvgIpc) is 2.47. The Morgan fingerprint density at radius 2 is 1.74 bits per heavy atom. The molecule has 1 amide bonds. The Hall–Kier alpha value is -1.86. The molecule has 0 unspecified atom stereocenters. The van der Waals surface area contributed by atoms with Gasteiger partial charge in [-0.05, 0) is 26.0 Å². The molecule has 2 rings (SSSR count). The highest BCUT2D eigenvalue weighted by Gasteiger charge is 2.31. The Kier molecular flexibility index (Phi) is 3.87. The number of benzene rings is 1. The highest BCUT2D eigenvalue weighted by Crippen LogP contribution is 2.17. The molecule has 0 saturated carbocycles. The molecule has 0 aliphatic carbocycles. The van der Waals surface area contributed by atoms with Crippen LogP contribution in [0.3, 0.4) is 0 Å². The first-order chi connectivity index (χ1) is 9.04. The van der Waals surface area contributed by atoms with Crippen molar-refractivity contribution in [2.45, 2.75) is 19.4 Å². The van der Waals surface area contributed by atoms with Crippen molar-refractivity contribution < 1.29 is 4.79 Å². The summed E-state index contributed by atoms with van der Waals surface area (Å²) < 4.78 is 0. The summed E-state index contributed by atoms with van der Waals surface area (Å²) in [4.78, 5) is 16.3. The zero-order valence-corrected chi connectivity index (χ0v) is 11.5. The van der Waals surface area contributed by atoms with Crippen LogP contribution in [0.15, 0.2) is 30.3 Å². The van der Waals surface area contributed by atoms with Crippen LogP contribution >= 0.6 is 0 Å². The van der Waals surface area contributed by atoms with Gasteiger partial charge in [0, 0.05) is 31.7 Å². The van der Waals surface area contributed by atoms with Gasteiger partial charge < -0.3 is 4.90 Å². The molecule has 4 heteroatoms. The molecule has 100 valence electrons. The molecule has 0 aromatic heterocycles. The van der Waals surface area contributed by atoms with Crippen LogP contribution in [0.4, 0.5) is 0 Å². The molecule has 0 atom stereocenters. The first kappa shape index (κ1) is 13.6. The molecule has 0 radical (unpaired) electrons. The number of hydrogen-bond donors (Lipinski definition) is 0. The lowest BCUT2D eigenvalue weighted by atomic mass is 10.0. The number of carbonyl (C=O) groups excluding carboxylic acids is 1. The Balaban J connectivity index is 1.98. The van der Waals surface area contributed by atoms with Crippen molar-refractivity contribution in [2.24, 2.45) is 0 Å². The quantitative estimate of drug-likeness (QED) is 0.811. The summed E-state index contributed by atoms with van der Waals surface area (Å²) in [6, 6.07) is 11.7. The normalized spacial score (nSPS) is 17.0.